The Kier molecular flexibility index (Phi) is 7.42. The number of carbonyl (C=O) groups is 6. The summed E-state index contributed by atoms with van der Waals surface area (Å²) < 4.78 is 5.37. The lowest BCUT2D eigenvalue weighted by atomic mass is 9.69. The van der Waals surface area contributed by atoms with Crippen LogP contribution < -0.4 is 0 Å². The highest BCUT2D eigenvalue weighted by molar-refractivity contribution is 6.02. The van der Waals surface area contributed by atoms with Gasteiger partial charge in [0.05, 0.1) is 5.41 Å². The van der Waals surface area contributed by atoms with E-state index in [1.165, 1.54) is 0 Å². The molecule has 0 N–H and O–H groups in total. The van der Waals surface area contributed by atoms with E-state index in [1.807, 2.05) is 19.9 Å². The Hall–Kier alpha value is -3.24. The van der Waals surface area contributed by atoms with Crippen molar-refractivity contribution in [1.82, 2.24) is 10.1 Å². The average molecular weight is 478 g/mol. The number of ether oxygens (including phenoxy) is 1. The largest absolute Gasteiger partial charge is 0.534 e. The van der Waals surface area contributed by atoms with Gasteiger partial charge in [-0.05, 0) is 50.5 Å². The highest BCUT2D eigenvalue weighted by atomic mass is 16.8. The summed E-state index contributed by atoms with van der Waals surface area (Å²) in [5.74, 6) is -2.94. The third kappa shape index (κ3) is 6.00. The Balaban J connectivity index is 1.68. The molecule has 2 fully saturated rings. The topological polar surface area (TPSA) is 137 Å². The zero-order valence-electron chi connectivity index (χ0n) is 19.7. The van der Waals surface area contributed by atoms with E-state index < -0.39 is 52.7 Å². The Bertz CT molecular complexity index is 893. The van der Waals surface area contributed by atoms with Gasteiger partial charge in [-0.3, -0.25) is 24.0 Å². The van der Waals surface area contributed by atoms with Crippen LogP contribution in [0.1, 0.15) is 78.6 Å². The normalized spacial score (nSPS) is 28.6. The molecule has 11 nitrogen and oxygen atoms in total. The number of carbonyl (C=O) groups excluding carboxylic acids is 6. The van der Waals surface area contributed by atoms with Crippen molar-refractivity contribution in [2.45, 2.75) is 84.7 Å². The van der Waals surface area contributed by atoms with Crippen molar-refractivity contribution in [3.63, 3.8) is 0 Å². The third-order valence-electron chi connectivity index (χ3n) is 6.16. The molecule has 4 amide bonds. The molecule has 0 bridgehead atoms. The molecule has 1 aliphatic carbocycles. The molecule has 11 heteroatoms. The van der Waals surface area contributed by atoms with Crippen LogP contribution in [0, 0.1) is 10.8 Å². The van der Waals surface area contributed by atoms with E-state index in [0.29, 0.717) is 42.2 Å². The van der Waals surface area contributed by atoms with Gasteiger partial charge in [0.25, 0.3) is 23.6 Å². The second-order valence-corrected chi connectivity index (χ2v) is 9.97. The predicted molar refractivity (Wildman–Crippen MR) is 114 cm³/mol. The number of allylic oxidation sites excluding steroid dienone is 1. The maximum Gasteiger partial charge on any atom is 0.534 e. The molecule has 0 radical (unpaired) electrons. The van der Waals surface area contributed by atoms with Crippen molar-refractivity contribution in [2.75, 3.05) is 0 Å². The van der Waals surface area contributed by atoms with Crippen molar-refractivity contribution in [3.8, 4) is 0 Å². The smallest absolute Gasteiger partial charge is 0.425 e. The zero-order chi connectivity index (χ0) is 25.1. The molecule has 3 rings (SSSR count). The number of amides is 4. The van der Waals surface area contributed by atoms with Crippen LogP contribution in [0.4, 0.5) is 4.79 Å². The number of hydroxylamine groups is 4. The van der Waals surface area contributed by atoms with E-state index in [2.05, 4.69) is 0 Å². The predicted octanol–water partition coefficient (Wildman–Crippen LogP) is 2.73. The van der Waals surface area contributed by atoms with Crippen LogP contribution in [0.5, 0.6) is 0 Å². The Morgan fingerprint density at radius 3 is 1.97 bits per heavy atom. The number of hydrogen-bond acceptors (Lipinski definition) is 9. The van der Waals surface area contributed by atoms with Crippen molar-refractivity contribution in [2.24, 2.45) is 10.8 Å². The highest BCUT2D eigenvalue weighted by Gasteiger charge is 2.44. The summed E-state index contributed by atoms with van der Waals surface area (Å²) in [5.41, 5.74) is -1.53. The van der Waals surface area contributed by atoms with Crippen LogP contribution in [0.2, 0.25) is 0 Å². The molecule has 2 atom stereocenters. The lowest BCUT2D eigenvalue weighted by molar-refractivity contribution is -0.206. The SMILES string of the molecule is CC1(C)CC(OC(=O)ON2C(=O)CCC2=O)/C=C/CCCC(C)(C(=O)ON2C(=O)CCC2=O)C1. The van der Waals surface area contributed by atoms with Crippen LogP contribution in [0.25, 0.3) is 0 Å². The summed E-state index contributed by atoms with van der Waals surface area (Å²) in [6.07, 6.45) is 3.97. The lowest BCUT2D eigenvalue weighted by Gasteiger charge is -2.38. The summed E-state index contributed by atoms with van der Waals surface area (Å²) in [6, 6.07) is 0. The molecule has 0 aromatic heterocycles. The van der Waals surface area contributed by atoms with E-state index >= 15 is 0 Å². The van der Waals surface area contributed by atoms with Crippen molar-refractivity contribution in [3.05, 3.63) is 12.2 Å². The molecule has 2 heterocycles. The van der Waals surface area contributed by atoms with Crippen LogP contribution in [0.15, 0.2) is 12.2 Å². The molecule has 3 aliphatic rings. The Labute approximate surface area is 197 Å². The fourth-order valence-corrected chi connectivity index (χ4v) is 4.67. The first-order valence-corrected chi connectivity index (χ1v) is 11.4. The lowest BCUT2D eigenvalue weighted by Crippen LogP contribution is -2.42. The minimum absolute atomic E-state index is 0.0167. The monoisotopic (exact) mass is 478 g/mol. The van der Waals surface area contributed by atoms with Crippen LogP contribution in [0.3, 0.4) is 0 Å². The molecular weight excluding hydrogens is 448 g/mol. The van der Waals surface area contributed by atoms with Gasteiger partial charge in [-0.25, -0.2) is 9.59 Å². The maximum atomic E-state index is 13.1. The summed E-state index contributed by atoms with van der Waals surface area (Å²) >= 11 is 0. The van der Waals surface area contributed by atoms with Crippen molar-refractivity contribution in [1.29, 1.82) is 0 Å². The standard InChI is InChI=1S/C23H30N2O9/c1-22(2)13-15(32-21(31)34-25-18(28)10-11-19(25)29)7-5-4-6-12-23(3,14-22)20(30)33-24-16(26)8-9-17(24)27/h5,7,15H,4,6,8-14H2,1-3H3/b7-5+. The second-order valence-electron chi connectivity index (χ2n) is 9.97. The van der Waals surface area contributed by atoms with E-state index in [9.17, 15) is 28.8 Å². The number of imide groups is 2. The van der Waals surface area contributed by atoms with Gasteiger partial charge < -0.3 is 9.57 Å². The first-order valence-electron chi connectivity index (χ1n) is 11.4. The van der Waals surface area contributed by atoms with Crippen LogP contribution >= 0.6 is 0 Å². The fraction of sp³-hybridized carbons (Fsp3) is 0.652. The minimum Gasteiger partial charge on any atom is -0.425 e. The van der Waals surface area contributed by atoms with E-state index in [1.54, 1.807) is 13.0 Å². The maximum absolute atomic E-state index is 13.1. The Morgan fingerprint density at radius 1 is 0.882 bits per heavy atom. The molecule has 0 aromatic rings. The van der Waals surface area contributed by atoms with Crippen LogP contribution in [-0.2, 0) is 38.4 Å². The number of hydrogen-bond donors (Lipinski definition) is 0. The number of nitrogens with zero attached hydrogens (tertiary/aromatic N) is 2. The van der Waals surface area contributed by atoms with E-state index in [-0.39, 0.29) is 25.7 Å². The molecule has 0 aromatic carbocycles. The molecule has 34 heavy (non-hydrogen) atoms. The summed E-state index contributed by atoms with van der Waals surface area (Å²) in [4.78, 5) is 82.4. The number of rotatable bonds is 4. The molecule has 2 aliphatic heterocycles. The fourth-order valence-electron chi connectivity index (χ4n) is 4.67. The quantitative estimate of drug-likeness (QED) is 0.339. The molecule has 0 saturated carbocycles. The summed E-state index contributed by atoms with van der Waals surface area (Å²) in [6.45, 7) is 5.53. The van der Waals surface area contributed by atoms with Crippen LogP contribution in [-0.4, -0.2) is 52.0 Å². The third-order valence-corrected chi connectivity index (χ3v) is 6.16. The van der Waals surface area contributed by atoms with Crippen molar-refractivity contribution >= 4 is 35.8 Å². The molecule has 2 unspecified atom stereocenters. The highest BCUT2D eigenvalue weighted by Crippen LogP contribution is 2.43. The van der Waals surface area contributed by atoms with Gasteiger partial charge in [0, 0.05) is 25.7 Å². The van der Waals surface area contributed by atoms with Gasteiger partial charge in [0.1, 0.15) is 6.10 Å². The van der Waals surface area contributed by atoms with Gasteiger partial charge in [0.2, 0.25) is 0 Å². The van der Waals surface area contributed by atoms with Gasteiger partial charge in [0.15, 0.2) is 0 Å². The van der Waals surface area contributed by atoms with Gasteiger partial charge in [-0.1, -0.05) is 25.0 Å². The summed E-state index contributed by atoms with van der Waals surface area (Å²) in [5, 5.41) is 0.980. The van der Waals surface area contributed by atoms with E-state index in [4.69, 9.17) is 14.4 Å². The summed E-state index contributed by atoms with van der Waals surface area (Å²) in [7, 11) is 0. The second kappa shape index (κ2) is 9.94. The first-order chi connectivity index (χ1) is 15.9. The molecule has 2 saturated heterocycles. The van der Waals surface area contributed by atoms with Gasteiger partial charge in [-0.2, -0.15) is 0 Å². The zero-order valence-corrected chi connectivity index (χ0v) is 19.7. The molecular formula is C23H30N2O9. The van der Waals surface area contributed by atoms with Gasteiger partial charge >= 0.3 is 12.1 Å². The van der Waals surface area contributed by atoms with Crippen molar-refractivity contribution < 1.29 is 43.2 Å². The first kappa shape index (κ1) is 25.4. The van der Waals surface area contributed by atoms with Gasteiger partial charge in [-0.15, -0.1) is 5.06 Å². The minimum atomic E-state index is -1.17. The molecule has 186 valence electrons. The average Bonchev–Trinajstić information content (AvgIpc) is 3.22. The molecule has 0 spiro atoms. The Morgan fingerprint density at radius 2 is 1.41 bits per heavy atom. The van der Waals surface area contributed by atoms with E-state index in [0.717, 1.165) is 0 Å².